The number of hydrogen-bond acceptors (Lipinski definition) is 4. The largest absolute Gasteiger partial charge is 0.465 e. The first kappa shape index (κ1) is 21.7. The minimum Gasteiger partial charge on any atom is -0.465 e. The Kier molecular flexibility index (Phi) is 8.78. The molecule has 0 radical (unpaired) electrons. The van der Waals surface area contributed by atoms with Gasteiger partial charge >= 0.3 is 12.0 Å². The molecule has 28 heavy (non-hydrogen) atoms. The molecule has 1 aliphatic rings. The maximum absolute atomic E-state index is 12.5. The molecule has 2 N–H and O–H groups in total. The van der Waals surface area contributed by atoms with Gasteiger partial charge in [-0.05, 0) is 43.7 Å². The van der Waals surface area contributed by atoms with Crippen LogP contribution in [0.2, 0.25) is 0 Å². The summed E-state index contributed by atoms with van der Waals surface area (Å²) in [6, 6.07) is 7.90. The van der Waals surface area contributed by atoms with Gasteiger partial charge in [-0.15, -0.1) is 0 Å². The Balaban J connectivity index is 1.83. The van der Waals surface area contributed by atoms with Gasteiger partial charge in [-0.25, -0.2) is 4.79 Å². The molecule has 3 amide bonds. The summed E-state index contributed by atoms with van der Waals surface area (Å²) in [6.45, 7) is 4.61. The molecule has 7 nitrogen and oxygen atoms in total. The van der Waals surface area contributed by atoms with Crippen molar-refractivity contribution < 1.29 is 19.1 Å². The Hall–Kier alpha value is -2.57. The molecule has 154 valence electrons. The second kappa shape index (κ2) is 11.3. The van der Waals surface area contributed by atoms with Crippen molar-refractivity contribution >= 4 is 17.9 Å². The highest BCUT2D eigenvalue weighted by molar-refractivity contribution is 5.82. The Morgan fingerprint density at radius 1 is 1.18 bits per heavy atom. The van der Waals surface area contributed by atoms with Gasteiger partial charge in [-0.3, -0.25) is 9.59 Å². The van der Waals surface area contributed by atoms with Crippen LogP contribution in [0, 0.1) is 0 Å². The van der Waals surface area contributed by atoms with Gasteiger partial charge < -0.3 is 20.3 Å². The first-order valence-corrected chi connectivity index (χ1v) is 10.1. The fraction of sp³-hybridized carbons (Fsp3) is 0.571. The number of rotatable bonds is 9. The highest BCUT2D eigenvalue weighted by Gasteiger charge is 2.22. The van der Waals surface area contributed by atoms with E-state index < -0.39 is 5.97 Å². The van der Waals surface area contributed by atoms with E-state index in [1.54, 1.807) is 11.8 Å². The third kappa shape index (κ3) is 6.55. The number of amides is 3. The van der Waals surface area contributed by atoms with Crippen LogP contribution in [0.25, 0.3) is 0 Å². The van der Waals surface area contributed by atoms with Crippen LogP contribution in [0.3, 0.4) is 0 Å². The lowest BCUT2D eigenvalue weighted by Crippen LogP contribution is -2.44. The molecule has 0 aliphatic heterocycles. The van der Waals surface area contributed by atoms with E-state index in [4.69, 9.17) is 4.74 Å². The number of urea groups is 1. The van der Waals surface area contributed by atoms with Gasteiger partial charge in [0.15, 0.2) is 0 Å². The zero-order valence-electron chi connectivity index (χ0n) is 16.8. The maximum atomic E-state index is 12.5. The van der Waals surface area contributed by atoms with E-state index in [2.05, 4.69) is 22.8 Å². The minimum absolute atomic E-state index is 0.0368. The molecule has 0 saturated heterocycles. The lowest BCUT2D eigenvalue weighted by molar-refractivity contribution is -0.141. The lowest BCUT2D eigenvalue weighted by Gasteiger charge is -2.27. The van der Waals surface area contributed by atoms with Crippen molar-refractivity contribution in [1.29, 1.82) is 0 Å². The second-order valence-corrected chi connectivity index (χ2v) is 6.91. The van der Waals surface area contributed by atoms with Crippen LogP contribution in [0.15, 0.2) is 24.3 Å². The van der Waals surface area contributed by atoms with E-state index in [0.717, 1.165) is 25.7 Å². The predicted octanol–water partition coefficient (Wildman–Crippen LogP) is 2.56. The molecule has 1 aromatic carbocycles. The van der Waals surface area contributed by atoms with Crippen LogP contribution in [-0.2, 0) is 20.7 Å². The smallest absolute Gasteiger partial charge is 0.325 e. The first-order chi connectivity index (χ1) is 13.5. The Morgan fingerprint density at radius 3 is 2.71 bits per heavy atom. The van der Waals surface area contributed by atoms with E-state index in [1.807, 2.05) is 19.1 Å². The average molecular weight is 389 g/mol. The third-order valence-corrected chi connectivity index (χ3v) is 4.78. The number of carbonyl (C=O) groups excluding carboxylic acids is 3. The quantitative estimate of drug-likeness (QED) is 0.636. The SMILES string of the molecule is CCCN(CCC(=O)NC1CCCc2ccccc21)C(=O)NCC(=O)OCC. The summed E-state index contributed by atoms with van der Waals surface area (Å²) in [6.07, 6.45) is 4.03. The van der Waals surface area contributed by atoms with Crippen molar-refractivity contribution in [2.45, 2.75) is 52.0 Å². The highest BCUT2D eigenvalue weighted by atomic mass is 16.5. The van der Waals surface area contributed by atoms with Crippen molar-refractivity contribution in [2.24, 2.45) is 0 Å². The van der Waals surface area contributed by atoms with E-state index in [0.29, 0.717) is 13.1 Å². The molecule has 0 heterocycles. The monoisotopic (exact) mass is 389 g/mol. The molecular formula is C21H31N3O4. The fourth-order valence-corrected chi connectivity index (χ4v) is 3.46. The molecule has 7 heteroatoms. The highest BCUT2D eigenvalue weighted by Crippen LogP contribution is 2.29. The number of nitrogens with one attached hydrogen (secondary N) is 2. The van der Waals surface area contributed by atoms with Gasteiger partial charge in [0.1, 0.15) is 6.54 Å². The Bertz CT molecular complexity index is 677. The molecule has 2 rings (SSSR count). The second-order valence-electron chi connectivity index (χ2n) is 6.91. The molecule has 0 aromatic heterocycles. The van der Waals surface area contributed by atoms with E-state index in [9.17, 15) is 14.4 Å². The van der Waals surface area contributed by atoms with Crippen LogP contribution >= 0.6 is 0 Å². The van der Waals surface area contributed by atoms with Gasteiger partial charge in [0, 0.05) is 19.5 Å². The van der Waals surface area contributed by atoms with Gasteiger partial charge in [0.2, 0.25) is 5.91 Å². The van der Waals surface area contributed by atoms with Crippen LogP contribution in [0.4, 0.5) is 4.79 Å². The third-order valence-electron chi connectivity index (χ3n) is 4.78. The summed E-state index contributed by atoms with van der Waals surface area (Å²) >= 11 is 0. The van der Waals surface area contributed by atoms with Crippen molar-refractivity contribution in [3.63, 3.8) is 0 Å². The number of fused-ring (bicyclic) bond motifs is 1. The number of carbonyl (C=O) groups is 3. The van der Waals surface area contributed by atoms with E-state index in [1.165, 1.54) is 11.1 Å². The predicted molar refractivity (Wildman–Crippen MR) is 107 cm³/mol. The standard InChI is InChI=1S/C21H31N3O4/c1-3-13-24(21(27)22-15-20(26)28-4-2)14-12-19(25)23-18-11-7-9-16-8-5-6-10-17(16)18/h5-6,8,10,18H,3-4,7,9,11-15H2,1-2H3,(H,22,27)(H,23,25). The number of nitrogens with zero attached hydrogens (tertiary/aromatic N) is 1. The van der Waals surface area contributed by atoms with Crippen molar-refractivity contribution in [2.75, 3.05) is 26.2 Å². The Morgan fingerprint density at radius 2 is 1.96 bits per heavy atom. The van der Waals surface area contributed by atoms with Crippen LogP contribution in [0.1, 0.15) is 56.7 Å². The fourth-order valence-electron chi connectivity index (χ4n) is 3.46. The van der Waals surface area contributed by atoms with E-state index >= 15 is 0 Å². The van der Waals surface area contributed by atoms with Gasteiger partial charge in [-0.1, -0.05) is 31.2 Å². The number of benzene rings is 1. The lowest BCUT2D eigenvalue weighted by atomic mass is 9.87. The zero-order chi connectivity index (χ0) is 20.4. The number of aryl methyl sites for hydroxylation is 1. The molecule has 1 unspecified atom stereocenters. The van der Waals surface area contributed by atoms with Crippen molar-refractivity contribution in [1.82, 2.24) is 15.5 Å². The Labute approximate surface area is 166 Å². The maximum Gasteiger partial charge on any atom is 0.325 e. The molecular weight excluding hydrogens is 358 g/mol. The molecule has 1 aromatic rings. The molecule has 0 saturated carbocycles. The van der Waals surface area contributed by atoms with Crippen molar-refractivity contribution in [3.8, 4) is 0 Å². The summed E-state index contributed by atoms with van der Waals surface area (Å²) in [4.78, 5) is 37.7. The van der Waals surface area contributed by atoms with Crippen LogP contribution in [0.5, 0.6) is 0 Å². The van der Waals surface area contributed by atoms with Crippen molar-refractivity contribution in [3.05, 3.63) is 35.4 Å². The molecule has 1 aliphatic carbocycles. The number of ether oxygens (including phenoxy) is 1. The van der Waals surface area contributed by atoms with Crippen LogP contribution in [-0.4, -0.2) is 49.0 Å². The van der Waals surface area contributed by atoms with Gasteiger partial charge in [0.05, 0.1) is 12.6 Å². The zero-order valence-corrected chi connectivity index (χ0v) is 16.8. The topological polar surface area (TPSA) is 87.7 Å². The normalized spacial score (nSPS) is 15.3. The summed E-state index contributed by atoms with van der Waals surface area (Å²) in [5.74, 6) is -0.540. The molecule has 0 bridgehead atoms. The van der Waals surface area contributed by atoms with Gasteiger partial charge in [-0.2, -0.15) is 0 Å². The summed E-state index contributed by atoms with van der Waals surface area (Å²) in [7, 11) is 0. The van der Waals surface area contributed by atoms with Gasteiger partial charge in [0.25, 0.3) is 0 Å². The summed E-state index contributed by atoms with van der Waals surface area (Å²) in [5, 5.41) is 5.66. The number of esters is 1. The average Bonchev–Trinajstić information content (AvgIpc) is 2.70. The molecule has 0 fully saturated rings. The summed E-state index contributed by atoms with van der Waals surface area (Å²) < 4.78 is 4.81. The molecule has 1 atom stereocenters. The molecule has 0 spiro atoms. The summed E-state index contributed by atoms with van der Waals surface area (Å²) in [5.41, 5.74) is 2.49. The minimum atomic E-state index is -0.471. The first-order valence-electron chi connectivity index (χ1n) is 10.1. The van der Waals surface area contributed by atoms with Crippen LogP contribution < -0.4 is 10.6 Å². The van der Waals surface area contributed by atoms with E-state index in [-0.39, 0.29) is 37.6 Å². The number of hydrogen-bond donors (Lipinski definition) is 2.